The zero-order valence-corrected chi connectivity index (χ0v) is 14.9. The van der Waals surface area contributed by atoms with Crippen LogP contribution >= 0.6 is 11.8 Å². The number of hydrogen-bond donors (Lipinski definition) is 1. The smallest absolute Gasteiger partial charge is 0.316 e. The normalized spacial score (nSPS) is 10.4. The number of carbonyl (C=O) groups excluding carboxylic acids is 3. The predicted octanol–water partition coefficient (Wildman–Crippen LogP) is 3.58. The van der Waals surface area contributed by atoms with Crippen molar-refractivity contribution in [2.45, 2.75) is 11.8 Å². The highest BCUT2D eigenvalue weighted by Crippen LogP contribution is 2.22. The van der Waals surface area contributed by atoms with Crippen LogP contribution in [0.3, 0.4) is 0 Å². The largest absolute Gasteiger partial charge is 0.457 e. The van der Waals surface area contributed by atoms with Crippen LogP contribution in [-0.2, 0) is 14.3 Å². The topological polar surface area (TPSA) is 72.5 Å². The maximum absolute atomic E-state index is 13.9. The van der Waals surface area contributed by atoms with E-state index in [-0.39, 0.29) is 21.9 Å². The van der Waals surface area contributed by atoms with Gasteiger partial charge < -0.3 is 10.1 Å². The van der Waals surface area contributed by atoms with Crippen LogP contribution < -0.4 is 5.32 Å². The standard InChI is InChI=1S/C18H14F3NO4S/c1-10(23)22-12-3-4-13(15(21)7-12)16(24)8-26-18(25)9-27-17-6-11(19)2-5-14(17)20/h2-7H,8-9H2,1H3,(H,22,23). The van der Waals surface area contributed by atoms with E-state index in [1.165, 1.54) is 13.0 Å². The minimum Gasteiger partial charge on any atom is -0.457 e. The molecule has 2 aromatic carbocycles. The number of ketones is 1. The maximum Gasteiger partial charge on any atom is 0.316 e. The number of carbonyl (C=O) groups is 3. The van der Waals surface area contributed by atoms with Crippen LogP contribution in [0.25, 0.3) is 0 Å². The van der Waals surface area contributed by atoms with E-state index < -0.39 is 41.7 Å². The summed E-state index contributed by atoms with van der Waals surface area (Å²) >= 11 is 0.712. The third kappa shape index (κ3) is 6.14. The molecule has 0 aromatic heterocycles. The third-order valence-electron chi connectivity index (χ3n) is 3.19. The molecule has 0 fully saturated rings. The fourth-order valence-electron chi connectivity index (χ4n) is 2.01. The van der Waals surface area contributed by atoms with Crippen LogP contribution in [0, 0.1) is 17.5 Å². The molecule has 0 aliphatic rings. The van der Waals surface area contributed by atoms with Crippen molar-refractivity contribution >= 4 is 35.1 Å². The number of amides is 1. The molecule has 0 heterocycles. The Morgan fingerprint density at radius 1 is 1.04 bits per heavy atom. The molecular weight excluding hydrogens is 383 g/mol. The number of nitrogens with one attached hydrogen (secondary N) is 1. The van der Waals surface area contributed by atoms with Gasteiger partial charge in [0.15, 0.2) is 6.61 Å². The van der Waals surface area contributed by atoms with Gasteiger partial charge in [0.1, 0.15) is 17.5 Å². The minimum absolute atomic E-state index is 0.0714. The van der Waals surface area contributed by atoms with E-state index in [2.05, 4.69) is 5.32 Å². The van der Waals surface area contributed by atoms with Gasteiger partial charge in [-0.15, -0.1) is 11.8 Å². The molecule has 1 N–H and O–H groups in total. The van der Waals surface area contributed by atoms with Gasteiger partial charge in [-0.2, -0.15) is 0 Å². The van der Waals surface area contributed by atoms with Gasteiger partial charge in [-0.25, -0.2) is 13.2 Å². The SMILES string of the molecule is CC(=O)Nc1ccc(C(=O)COC(=O)CSc2cc(F)ccc2F)c(F)c1. The van der Waals surface area contributed by atoms with Gasteiger partial charge in [-0.1, -0.05) is 0 Å². The Labute approximate surface area is 156 Å². The van der Waals surface area contributed by atoms with Gasteiger partial charge >= 0.3 is 5.97 Å². The maximum atomic E-state index is 13.9. The van der Waals surface area contributed by atoms with Crippen molar-refractivity contribution in [1.82, 2.24) is 0 Å². The first-order chi connectivity index (χ1) is 12.8. The minimum atomic E-state index is -0.876. The Morgan fingerprint density at radius 2 is 1.78 bits per heavy atom. The number of rotatable bonds is 7. The lowest BCUT2D eigenvalue weighted by molar-refractivity contribution is -0.139. The highest BCUT2D eigenvalue weighted by molar-refractivity contribution is 8.00. The number of benzene rings is 2. The number of halogens is 3. The molecule has 0 atom stereocenters. The number of esters is 1. The number of thioether (sulfide) groups is 1. The van der Waals surface area contributed by atoms with Crippen LogP contribution in [0.4, 0.5) is 18.9 Å². The van der Waals surface area contributed by atoms with Crippen LogP contribution in [0.2, 0.25) is 0 Å². The van der Waals surface area contributed by atoms with Gasteiger partial charge in [0, 0.05) is 17.5 Å². The summed E-state index contributed by atoms with van der Waals surface area (Å²) in [5.41, 5.74) is -0.122. The van der Waals surface area contributed by atoms with Gasteiger partial charge in [0.25, 0.3) is 0 Å². The summed E-state index contributed by atoms with van der Waals surface area (Å²) < 4.78 is 45.2. The van der Waals surface area contributed by atoms with Crippen molar-refractivity contribution in [2.24, 2.45) is 0 Å². The second-order valence-corrected chi connectivity index (χ2v) is 6.34. The number of hydrogen-bond acceptors (Lipinski definition) is 5. The van der Waals surface area contributed by atoms with E-state index in [0.29, 0.717) is 11.8 Å². The summed E-state index contributed by atoms with van der Waals surface area (Å²) in [6, 6.07) is 6.28. The average Bonchev–Trinajstić information content (AvgIpc) is 2.60. The molecule has 9 heteroatoms. The third-order valence-corrected chi connectivity index (χ3v) is 4.20. The molecule has 0 bridgehead atoms. The molecule has 142 valence electrons. The highest BCUT2D eigenvalue weighted by atomic mass is 32.2. The molecule has 0 unspecified atom stereocenters. The molecule has 0 radical (unpaired) electrons. The summed E-state index contributed by atoms with van der Waals surface area (Å²) in [5.74, 6) is -4.58. The zero-order chi connectivity index (χ0) is 20.0. The first-order valence-electron chi connectivity index (χ1n) is 7.60. The summed E-state index contributed by atoms with van der Waals surface area (Å²) in [5, 5.41) is 2.37. The Balaban J connectivity index is 1.88. The van der Waals surface area contributed by atoms with Crippen LogP contribution in [-0.4, -0.2) is 30.0 Å². The Hall–Kier alpha value is -2.81. The fraction of sp³-hybridized carbons (Fsp3) is 0.167. The fourth-order valence-corrected chi connectivity index (χ4v) is 2.77. The second kappa shape index (κ2) is 9.22. The van der Waals surface area contributed by atoms with E-state index in [1.54, 1.807) is 0 Å². The van der Waals surface area contributed by atoms with Gasteiger partial charge in [0.05, 0.1) is 11.3 Å². The van der Waals surface area contributed by atoms with Crippen molar-refractivity contribution < 1.29 is 32.3 Å². The molecule has 0 spiro atoms. The Kier molecular flexibility index (Phi) is 7.00. The zero-order valence-electron chi connectivity index (χ0n) is 14.1. The van der Waals surface area contributed by atoms with E-state index in [4.69, 9.17) is 4.74 Å². The summed E-state index contributed by atoms with van der Waals surface area (Å²) in [6.45, 7) is 0.547. The Morgan fingerprint density at radius 3 is 2.44 bits per heavy atom. The molecule has 2 rings (SSSR count). The van der Waals surface area contributed by atoms with Crippen LogP contribution in [0.1, 0.15) is 17.3 Å². The van der Waals surface area contributed by atoms with Crippen LogP contribution in [0.15, 0.2) is 41.3 Å². The molecule has 27 heavy (non-hydrogen) atoms. The van der Waals surface area contributed by atoms with Gasteiger partial charge in [-0.05, 0) is 36.4 Å². The van der Waals surface area contributed by atoms with Gasteiger partial charge in [-0.3, -0.25) is 14.4 Å². The summed E-state index contributed by atoms with van der Waals surface area (Å²) in [4.78, 5) is 34.5. The first kappa shape index (κ1) is 20.5. The molecule has 2 aromatic rings. The van der Waals surface area contributed by atoms with E-state index in [0.717, 1.165) is 30.3 Å². The van der Waals surface area contributed by atoms with Crippen molar-refractivity contribution in [2.75, 3.05) is 17.7 Å². The van der Waals surface area contributed by atoms with Crippen molar-refractivity contribution in [3.63, 3.8) is 0 Å². The monoisotopic (exact) mass is 397 g/mol. The van der Waals surface area contributed by atoms with E-state index in [9.17, 15) is 27.6 Å². The van der Waals surface area contributed by atoms with Crippen molar-refractivity contribution in [3.05, 3.63) is 59.4 Å². The number of anilines is 1. The van der Waals surface area contributed by atoms with Gasteiger partial charge in [0.2, 0.25) is 11.7 Å². The number of Topliss-reactive ketones (excluding diaryl/α,β-unsaturated/α-hetero) is 1. The Bertz CT molecular complexity index is 889. The summed E-state index contributed by atoms with van der Waals surface area (Å²) in [7, 11) is 0. The van der Waals surface area contributed by atoms with Crippen LogP contribution in [0.5, 0.6) is 0 Å². The molecule has 0 saturated carbocycles. The molecule has 0 aliphatic carbocycles. The first-order valence-corrected chi connectivity index (χ1v) is 8.58. The quantitative estimate of drug-likeness (QED) is 0.439. The predicted molar refractivity (Wildman–Crippen MR) is 93.1 cm³/mol. The molecule has 0 saturated heterocycles. The molecule has 5 nitrogen and oxygen atoms in total. The molecule has 1 amide bonds. The molecule has 0 aliphatic heterocycles. The average molecular weight is 397 g/mol. The lowest BCUT2D eigenvalue weighted by Gasteiger charge is -2.07. The summed E-state index contributed by atoms with van der Waals surface area (Å²) in [6.07, 6.45) is 0. The number of ether oxygens (including phenoxy) is 1. The lowest BCUT2D eigenvalue weighted by Crippen LogP contribution is -2.17. The van der Waals surface area contributed by atoms with Crippen molar-refractivity contribution in [1.29, 1.82) is 0 Å². The molecular formula is C18H14F3NO4S. The van der Waals surface area contributed by atoms with E-state index >= 15 is 0 Å². The van der Waals surface area contributed by atoms with Crippen molar-refractivity contribution in [3.8, 4) is 0 Å². The highest BCUT2D eigenvalue weighted by Gasteiger charge is 2.16. The lowest BCUT2D eigenvalue weighted by atomic mass is 10.1. The van der Waals surface area contributed by atoms with E-state index in [1.807, 2.05) is 0 Å². The second-order valence-electron chi connectivity index (χ2n) is 5.32.